The SMILES string of the molecule is COc1cc(OC)cc(C(=O)N(C)CCOc2ccccc2)c1. The Hall–Kier alpha value is -2.69. The molecule has 0 bridgehead atoms. The molecule has 23 heavy (non-hydrogen) atoms. The number of carbonyl (C=O) groups excluding carboxylic acids is 1. The summed E-state index contributed by atoms with van der Waals surface area (Å²) >= 11 is 0. The van der Waals surface area contributed by atoms with Crippen molar-refractivity contribution in [2.24, 2.45) is 0 Å². The van der Waals surface area contributed by atoms with E-state index in [1.54, 1.807) is 44.4 Å². The zero-order chi connectivity index (χ0) is 16.7. The van der Waals surface area contributed by atoms with Gasteiger partial charge in [-0.25, -0.2) is 0 Å². The molecule has 0 aliphatic rings. The Balaban J connectivity index is 1.96. The highest BCUT2D eigenvalue weighted by Gasteiger charge is 2.14. The summed E-state index contributed by atoms with van der Waals surface area (Å²) in [6.07, 6.45) is 0. The van der Waals surface area contributed by atoms with Crippen LogP contribution in [0.2, 0.25) is 0 Å². The Kier molecular flexibility index (Phi) is 5.86. The average molecular weight is 315 g/mol. The summed E-state index contributed by atoms with van der Waals surface area (Å²) in [6.45, 7) is 0.903. The van der Waals surface area contributed by atoms with Gasteiger partial charge in [0.2, 0.25) is 0 Å². The molecule has 0 N–H and O–H groups in total. The molecule has 0 radical (unpaired) electrons. The van der Waals surface area contributed by atoms with Crippen molar-refractivity contribution in [2.75, 3.05) is 34.4 Å². The summed E-state index contributed by atoms with van der Waals surface area (Å²) in [4.78, 5) is 14.1. The van der Waals surface area contributed by atoms with Crippen LogP contribution in [-0.4, -0.2) is 45.2 Å². The van der Waals surface area contributed by atoms with Crippen molar-refractivity contribution in [1.82, 2.24) is 4.90 Å². The fraction of sp³-hybridized carbons (Fsp3) is 0.278. The van der Waals surface area contributed by atoms with Crippen LogP contribution in [0, 0.1) is 0 Å². The van der Waals surface area contributed by atoms with Gasteiger partial charge >= 0.3 is 0 Å². The third-order valence-corrected chi connectivity index (χ3v) is 3.38. The van der Waals surface area contributed by atoms with Gasteiger partial charge in [0.1, 0.15) is 23.9 Å². The molecule has 0 saturated heterocycles. The number of methoxy groups -OCH3 is 2. The molecule has 2 aromatic rings. The minimum absolute atomic E-state index is 0.112. The van der Waals surface area contributed by atoms with Gasteiger partial charge in [-0.1, -0.05) is 18.2 Å². The van der Waals surface area contributed by atoms with Gasteiger partial charge in [0.15, 0.2) is 0 Å². The van der Waals surface area contributed by atoms with Crippen LogP contribution < -0.4 is 14.2 Å². The minimum atomic E-state index is -0.112. The lowest BCUT2D eigenvalue weighted by Crippen LogP contribution is -2.30. The van der Waals surface area contributed by atoms with Gasteiger partial charge in [-0.05, 0) is 24.3 Å². The topological polar surface area (TPSA) is 48.0 Å². The molecular formula is C18H21NO4. The van der Waals surface area contributed by atoms with Crippen LogP contribution in [0.1, 0.15) is 10.4 Å². The van der Waals surface area contributed by atoms with Gasteiger partial charge in [-0.3, -0.25) is 4.79 Å². The zero-order valence-corrected chi connectivity index (χ0v) is 13.6. The summed E-state index contributed by atoms with van der Waals surface area (Å²) < 4.78 is 16.0. The van der Waals surface area contributed by atoms with Crippen molar-refractivity contribution in [1.29, 1.82) is 0 Å². The molecule has 2 rings (SSSR count). The predicted molar refractivity (Wildman–Crippen MR) is 88.4 cm³/mol. The van der Waals surface area contributed by atoms with E-state index in [4.69, 9.17) is 14.2 Å². The zero-order valence-electron chi connectivity index (χ0n) is 13.6. The fourth-order valence-electron chi connectivity index (χ4n) is 2.07. The molecule has 0 heterocycles. The van der Waals surface area contributed by atoms with Crippen LogP contribution in [0.4, 0.5) is 0 Å². The standard InChI is InChI=1S/C18H21NO4/c1-19(9-10-23-15-7-5-4-6-8-15)18(20)14-11-16(21-2)13-17(12-14)22-3/h4-8,11-13H,9-10H2,1-3H3. The van der Waals surface area contributed by atoms with E-state index >= 15 is 0 Å². The molecule has 0 saturated carbocycles. The third kappa shape index (κ3) is 4.64. The summed E-state index contributed by atoms with van der Waals surface area (Å²) in [5, 5.41) is 0. The summed E-state index contributed by atoms with van der Waals surface area (Å²) in [5.41, 5.74) is 0.517. The first-order valence-corrected chi connectivity index (χ1v) is 7.30. The van der Waals surface area contributed by atoms with E-state index in [1.807, 2.05) is 30.3 Å². The predicted octanol–water partition coefficient (Wildman–Crippen LogP) is 2.85. The van der Waals surface area contributed by atoms with E-state index in [2.05, 4.69) is 0 Å². The number of rotatable bonds is 7. The van der Waals surface area contributed by atoms with Gasteiger partial charge in [0.25, 0.3) is 5.91 Å². The maximum atomic E-state index is 12.5. The van der Waals surface area contributed by atoms with Crippen LogP contribution in [0.3, 0.4) is 0 Å². The van der Waals surface area contributed by atoms with Crippen LogP contribution in [0.5, 0.6) is 17.2 Å². The van der Waals surface area contributed by atoms with Crippen molar-refractivity contribution in [3.8, 4) is 17.2 Å². The Morgan fingerprint density at radius 3 is 2.13 bits per heavy atom. The first-order chi connectivity index (χ1) is 11.1. The van der Waals surface area contributed by atoms with Crippen LogP contribution in [0.15, 0.2) is 48.5 Å². The Labute approximate surface area is 136 Å². The highest BCUT2D eigenvalue weighted by molar-refractivity contribution is 5.95. The number of carbonyl (C=O) groups is 1. The second-order valence-corrected chi connectivity index (χ2v) is 4.99. The van der Waals surface area contributed by atoms with Crippen LogP contribution in [0.25, 0.3) is 0 Å². The summed E-state index contributed by atoms with van der Waals surface area (Å²) in [5.74, 6) is 1.85. The van der Waals surface area contributed by atoms with E-state index in [-0.39, 0.29) is 5.91 Å². The number of para-hydroxylation sites is 1. The highest BCUT2D eigenvalue weighted by Crippen LogP contribution is 2.23. The second kappa shape index (κ2) is 8.08. The summed E-state index contributed by atoms with van der Waals surface area (Å²) in [7, 11) is 4.85. The Bertz CT molecular complexity index is 620. The largest absolute Gasteiger partial charge is 0.497 e. The quantitative estimate of drug-likeness (QED) is 0.788. The van der Waals surface area contributed by atoms with Crippen molar-refractivity contribution in [3.63, 3.8) is 0 Å². The lowest BCUT2D eigenvalue weighted by Gasteiger charge is -2.18. The van der Waals surface area contributed by atoms with Crippen molar-refractivity contribution in [2.45, 2.75) is 0 Å². The van der Waals surface area contributed by atoms with E-state index in [0.29, 0.717) is 30.2 Å². The van der Waals surface area contributed by atoms with Crippen molar-refractivity contribution < 1.29 is 19.0 Å². The number of amides is 1. The Morgan fingerprint density at radius 2 is 1.57 bits per heavy atom. The minimum Gasteiger partial charge on any atom is -0.497 e. The number of hydrogen-bond donors (Lipinski definition) is 0. The number of hydrogen-bond acceptors (Lipinski definition) is 4. The Morgan fingerprint density at radius 1 is 0.957 bits per heavy atom. The van der Waals surface area contributed by atoms with E-state index < -0.39 is 0 Å². The molecule has 0 aliphatic heterocycles. The molecule has 5 heteroatoms. The molecule has 0 fully saturated rings. The first kappa shape index (κ1) is 16.7. The van der Waals surface area contributed by atoms with Crippen LogP contribution in [-0.2, 0) is 0 Å². The molecule has 0 unspecified atom stereocenters. The molecule has 0 aromatic heterocycles. The van der Waals surface area contributed by atoms with Crippen LogP contribution >= 0.6 is 0 Å². The second-order valence-electron chi connectivity index (χ2n) is 4.99. The van der Waals surface area contributed by atoms with E-state index in [9.17, 15) is 4.79 Å². The summed E-state index contributed by atoms with van der Waals surface area (Å²) in [6, 6.07) is 14.6. The van der Waals surface area contributed by atoms with Gasteiger partial charge in [-0.15, -0.1) is 0 Å². The van der Waals surface area contributed by atoms with Gasteiger partial charge in [0, 0.05) is 18.7 Å². The maximum absolute atomic E-state index is 12.5. The first-order valence-electron chi connectivity index (χ1n) is 7.30. The molecule has 1 amide bonds. The lowest BCUT2D eigenvalue weighted by molar-refractivity contribution is 0.0773. The molecule has 0 spiro atoms. The lowest BCUT2D eigenvalue weighted by atomic mass is 10.1. The maximum Gasteiger partial charge on any atom is 0.253 e. The smallest absolute Gasteiger partial charge is 0.253 e. The molecule has 5 nitrogen and oxygen atoms in total. The number of likely N-dealkylation sites (N-methyl/N-ethyl adjacent to an activating group) is 1. The molecule has 0 aliphatic carbocycles. The normalized spacial score (nSPS) is 10.0. The molecule has 122 valence electrons. The van der Waals surface area contributed by atoms with Gasteiger partial charge < -0.3 is 19.1 Å². The molecular weight excluding hydrogens is 294 g/mol. The monoisotopic (exact) mass is 315 g/mol. The molecule has 2 aromatic carbocycles. The fourth-order valence-corrected chi connectivity index (χ4v) is 2.07. The third-order valence-electron chi connectivity index (χ3n) is 3.38. The van der Waals surface area contributed by atoms with Gasteiger partial charge in [-0.2, -0.15) is 0 Å². The van der Waals surface area contributed by atoms with Crippen molar-refractivity contribution >= 4 is 5.91 Å². The van der Waals surface area contributed by atoms with Crippen molar-refractivity contribution in [3.05, 3.63) is 54.1 Å². The average Bonchev–Trinajstić information content (AvgIpc) is 2.61. The molecule has 0 atom stereocenters. The number of nitrogens with zero attached hydrogens (tertiary/aromatic N) is 1. The van der Waals surface area contributed by atoms with E-state index in [1.165, 1.54) is 0 Å². The number of benzene rings is 2. The van der Waals surface area contributed by atoms with Gasteiger partial charge in [0.05, 0.1) is 20.8 Å². The van der Waals surface area contributed by atoms with E-state index in [0.717, 1.165) is 5.75 Å². The highest BCUT2D eigenvalue weighted by atomic mass is 16.5. The number of ether oxygens (including phenoxy) is 3.